The molecule has 7 heteroatoms. The summed E-state index contributed by atoms with van der Waals surface area (Å²) in [6.07, 6.45) is -0.806. The summed E-state index contributed by atoms with van der Waals surface area (Å²) in [7, 11) is 0. The lowest BCUT2D eigenvalue weighted by Crippen LogP contribution is -2.17. The van der Waals surface area contributed by atoms with Gasteiger partial charge in [0.15, 0.2) is 17.6 Å². The highest BCUT2D eigenvalue weighted by Gasteiger charge is 2.14. The third-order valence-electron chi connectivity index (χ3n) is 2.66. The maximum Gasteiger partial charge on any atom is 0.348 e. The van der Waals surface area contributed by atoms with Gasteiger partial charge in [-0.3, -0.25) is 0 Å². The Labute approximate surface area is 121 Å². The van der Waals surface area contributed by atoms with E-state index in [9.17, 15) is 4.79 Å². The number of hydrogen-bond acceptors (Lipinski definition) is 7. The Morgan fingerprint density at radius 3 is 3.00 bits per heavy atom. The lowest BCUT2D eigenvalue weighted by atomic mass is 10.1. The van der Waals surface area contributed by atoms with Crippen LogP contribution >= 0.6 is 0 Å². The van der Waals surface area contributed by atoms with Crippen LogP contribution in [0.4, 0.5) is 0 Å². The molecule has 0 bridgehead atoms. The number of esters is 1. The fourth-order valence-electron chi connectivity index (χ4n) is 1.61. The Morgan fingerprint density at radius 2 is 2.24 bits per heavy atom. The van der Waals surface area contributed by atoms with Gasteiger partial charge in [0, 0.05) is 5.56 Å². The van der Waals surface area contributed by atoms with Crippen molar-refractivity contribution in [3.05, 3.63) is 23.8 Å². The summed E-state index contributed by atoms with van der Waals surface area (Å²) in [5, 5.41) is 12.3. The molecule has 2 rings (SSSR count). The zero-order valence-corrected chi connectivity index (χ0v) is 11.7. The van der Waals surface area contributed by atoms with Crippen molar-refractivity contribution in [2.24, 2.45) is 5.16 Å². The standard InChI is InChI=1S/C14H14N2O5/c1-9(6-15)21-14(17)7-20-16-10(2)11-3-4-12-13(5-11)19-8-18-12/h3-5,9H,7-8H2,1-2H3/b16-10-/t9-/m0/s1. The highest BCUT2D eigenvalue weighted by molar-refractivity contribution is 5.99. The minimum Gasteiger partial charge on any atom is -0.454 e. The van der Waals surface area contributed by atoms with Gasteiger partial charge in [-0.25, -0.2) is 4.79 Å². The van der Waals surface area contributed by atoms with Crippen molar-refractivity contribution in [3.63, 3.8) is 0 Å². The smallest absolute Gasteiger partial charge is 0.348 e. The van der Waals surface area contributed by atoms with Crippen molar-refractivity contribution < 1.29 is 23.8 Å². The molecule has 0 unspecified atom stereocenters. The van der Waals surface area contributed by atoms with Gasteiger partial charge in [0.1, 0.15) is 6.07 Å². The first kappa shape index (κ1) is 14.7. The maximum absolute atomic E-state index is 11.3. The van der Waals surface area contributed by atoms with Crippen molar-refractivity contribution >= 4 is 11.7 Å². The van der Waals surface area contributed by atoms with Gasteiger partial charge >= 0.3 is 5.97 Å². The van der Waals surface area contributed by atoms with Gasteiger partial charge in [0.05, 0.1) is 5.71 Å². The van der Waals surface area contributed by atoms with Gasteiger partial charge in [-0.05, 0) is 32.0 Å². The van der Waals surface area contributed by atoms with Crippen molar-refractivity contribution in [2.75, 3.05) is 13.4 Å². The summed E-state index contributed by atoms with van der Waals surface area (Å²) in [5.41, 5.74) is 1.37. The van der Waals surface area contributed by atoms with Crippen molar-refractivity contribution in [3.8, 4) is 17.6 Å². The van der Waals surface area contributed by atoms with Crippen LogP contribution in [0.2, 0.25) is 0 Å². The molecule has 1 atom stereocenters. The second kappa shape index (κ2) is 6.61. The van der Waals surface area contributed by atoms with Gasteiger partial charge < -0.3 is 19.0 Å². The van der Waals surface area contributed by atoms with Gasteiger partial charge in [-0.2, -0.15) is 5.26 Å². The third-order valence-corrected chi connectivity index (χ3v) is 2.66. The third kappa shape index (κ3) is 3.86. The van der Waals surface area contributed by atoms with Crippen LogP contribution in [0, 0.1) is 11.3 Å². The Balaban J connectivity index is 1.90. The number of carbonyl (C=O) groups is 1. The van der Waals surface area contributed by atoms with Crippen LogP contribution in [0.3, 0.4) is 0 Å². The summed E-state index contributed by atoms with van der Waals surface area (Å²) in [4.78, 5) is 16.2. The van der Waals surface area contributed by atoms with E-state index in [1.165, 1.54) is 6.92 Å². The molecule has 0 radical (unpaired) electrons. The monoisotopic (exact) mass is 290 g/mol. The van der Waals surface area contributed by atoms with E-state index in [-0.39, 0.29) is 13.4 Å². The number of benzene rings is 1. The van der Waals surface area contributed by atoms with Gasteiger partial charge in [-0.15, -0.1) is 0 Å². The molecule has 0 amide bonds. The van der Waals surface area contributed by atoms with E-state index >= 15 is 0 Å². The fraction of sp³-hybridized carbons (Fsp3) is 0.357. The number of nitrogens with zero attached hydrogens (tertiary/aromatic N) is 2. The molecule has 0 saturated heterocycles. The predicted octanol–water partition coefficient (Wildman–Crippen LogP) is 1.61. The molecule has 21 heavy (non-hydrogen) atoms. The lowest BCUT2D eigenvalue weighted by molar-refractivity contribution is -0.151. The molecule has 1 aromatic carbocycles. The number of hydrogen-bond donors (Lipinski definition) is 0. The molecule has 0 aliphatic carbocycles. The highest BCUT2D eigenvalue weighted by Crippen LogP contribution is 2.32. The second-order valence-electron chi connectivity index (χ2n) is 4.28. The SMILES string of the molecule is C/C(=N/OCC(=O)O[C@@H](C)C#N)c1ccc2c(c1)OCO2. The molecule has 0 aromatic heterocycles. The summed E-state index contributed by atoms with van der Waals surface area (Å²) in [6, 6.07) is 7.15. The molecule has 0 saturated carbocycles. The van der Waals surface area contributed by atoms with Crippen molar-refractivity contribution in [1.29, 1.82) is 5.26 Å². The number of rotatable bonds is 5. The van der Waals surface area contributed by atoms with Gasteiger partial charge in [0.2, 0.25) is 13.4 Å². The molecule has 1 aliphatic heterocycles. The number of fused-ring (bicyclic) bond motifs is 1. The van der Waals surface area contributed by atoms with E-state index in [1.54, 1.807) is 25.1 Å². The number of nitriles is 1. The first-order chi connectivity index (χ1) is 10.1. The molecule has 1 aliphatic rings. The van der Waals surface area contributed by atoms with Crippen LogP contribution in [0.15, 0.2) is 23.4 Å². The average molecular weight is 290 g/mol. The first-order valence-corrected chi connectivity index (χ1v) is 6.26. The van der Waals surface area contributed by atoms with E-state index < -0.39 is 12.1 Å². The van der Waals surface area contributed by atoms with E-state index in [1.807, 2.05) is 6.07 Å². The van der Waals surface area contributed by atoms with Crippen molar-refractivity contribution in [2.45, 2.75) is 20.0 Å². The fourth-order valence-corrected chi connectivity index (χ4v) is 1.61. The van der Waals surface area contributed by atoms with Crippen LogP contribution in [0.1, 0.15) is 19.4 Å². The summed E-state index contributed by atoms with van der Waals surface area (Å²) in [6.45, 7) is 3.06. The zero-order chi connectivity index (χ0) is 15.2. The van der Waals surface area contributed by atoms with E-state index in [2.05, 4.69) is 5.16 Å². The quantitative estimate of drug-likeness (QED) is 0.465. The lowest BCUT2D eigenvalue weighted by Gasteiger charge is -2.05. The Bertz CT molecular complexity index is 606. The minimum absolute atomic E-state index is 0.203. The molecule has 1 aromatic rings. The first-order valence-electron chi connectivity index (χ1n) is 6.26. The van der Waals surface area contributed by atoms with Crippen LogP contribution in [0.5, 0.6) is 11.5 Å². The van der Waals surface area contributed by atoms with Gasteiger partial charge in [0.25, 0.3) is 0 Å². The number of carbonyl (C=O) groups excluding carboxylic acids is 1. The van der Waals surface area contributed by atoms with Crippen LogP contribution < -0.4 is 9.47 Å². The molecule has 1 heterocycles. The molecule has 7 nitrogen and oxygen atoms in total. The summed E-state index contributed by atoms with van der Waals surface area (Å²) in [5.74, 6) is 0.678. The van der Waals surface area contributed by atoms with Crippen molar-refractivity contribution in [1.82, 2.24) is 0 Å². The van der Waals surface area contributed by atoms with Crippen LogP contribution in [-0.4, -0.2) is 31.2 Å². The molecule has 0 N–H and O–H groups in total. The normalized spacial score (nSPS) is 14.2. The van der Waals surface area contributed by atoms with E-state index in [0.717, 1.165) is 5.56 Å². The zero-order valence-electron chi connectivity index (χ0n) is 11.7. The molecular formula is C14H14N2O5. The molecule has 0 spiro atoms. The summed E-state index contributed by atoms with van der Waals surface area (Å²) >= 11 is 0. The van der Waals surface area contributed by atoms with Gasteiger partial charge in [-0.1, -0.05) is 5.16 Å². The van der Waals surface area contributed by atoms with Crippen LogP contribution in [-0.2, 0) is 14.4 Å². The summed E-state index contributed by atoms with van der Waals surface area (Å²) < 4.78 is 15.2. The Kier molecular flexibility index (Phi) is 4.61. The van der Waals surface area contributed by atoms with E-state index in [0.29, 0.717) is 17.2 Å². The minimum atomic E-state index is -0.806. The number of oxime groups is 1. The van der Waals surface area contributed by atoms with Crippen LogP contribution in [0.25, 0.3) is 0 Å². The molecular weight excluding hydrogens is 276 g/mol. The largest absolute Gasteiger partial charge is 0.454 e. The Morgan fingerprint density at radius 1 is 1.48 bits per heavy atom. The Hall–Kier alpha value is -2.75. The van der Waals surface area contributed by atoms with E-state index in [4.69, 9.17) is 24.3 Å². The predicted molar refractivity (Wildman–Crippen MR) is 71.9 cm³/mol. The molecule has 110 valence electrons. The topological polar surface area (TPSA) is 90.1 Å². The average Bonchev–Trinajstić information content (AvgIpc) is 2.94. The molecule has 0 fully saturated rings. The second-order valence-corrected chi connectivity index (χ2v) is 4.28. The maximum atomic E-state index is 11.3. The number of ether oxygens (including phenoxy) is 3. The highest BCUT2D eigenvalue weighted by atomic mass is 16.7.